The minimum absolute atomic E-state index is 0.0646. The Hall–Kier alpha value is -2.29. The standard InChI is InChI=1S/C19H23ClN2O5S/c1-13-4-5-15(10-18(13)20)22-28(24,25)17-8-6-16(7-9-17)27-12-19(23)21-14(2)11-26-3/h4-10,14,22H,11-12H2,1-3H3,(H,21,23)/t14-/m1/s1. The van der Waals surface area contributed by atoms with Crippen LogP contribution in [0.2, 0.25) is 5.02 Å². The second-order valence-electron chi connectivity index (χ2n) is 6.25. The molecule has 7 nitrogen and oxygen atoms in total. The number of hydrogen-bond acceptors (Lipinski definition) is 5. The van der Waals surface area contributed by atoms with E-state index in [-0.39, 0.29) is 23.5 Å². The molecular weight excluding hydrogens is 404 g/mol. The zero-order valence-corrected chi connectivity index (χ0v) is 17.4. The molecule has 28 heavy (non-hydrogen) atoms. The van der Waals surface area contributed by atoms with Crippen LogP contribution < -0.4 is 14.8 Å². The van der Waals surface area contributed by atoms with E-state index in [2.05, 4.69) is 10.0 Å². The molecule has 2 aromatic rings. The van der Waals surface area contributed by atoms with Gasteiger partial charge in [-0.2, -0.15) is 0 Å². The molecule has 0 fully saturated rings. The van der Waals surface area contributed by atoms with Crippen molar-refractivity contribution in [1.82, 2.24) is 5.32 Å². The quantitative estimate of drug-likeness (QED) is 0.642. The number of hydrogen-bond donors (Lipinski definition) is 2. The number of aryl methyl sites for hydroxylation is 1. The first-order chi connectivity index (χ1) is 13.2. The summed E-state index contributed by atoms with van der Waals surface area (Å²) < 4.78 is 37.8. The zero-order chi connectivity index (χ0) is 20.7. The number of carbonyl (C=O) groups is 1. The Kier molecular flexibility index (Phi) is 7.68. The van der Waals surface area contributed by atoms with Crippen LogP contribution in [-0.2, 0) is 19.6 Å². The van der Waals surface area contributed by atoms with Crippen LogP contribution in [0.3, 0.4) is 0 Å². The Morgan fingerprint density at radius 1 is 1.18 bits per heavy atom. The van der Waals surface area contributed by atoms with E-state index in [4.69, 9.17) is 21.1 Å². The van der Waals surface area contributed by atoms with Gasteiger partial charge in [0.15, 0.2) is 6.61 Å². The van der Waals surface area contributed by atoms with Gasteiger partial charge in [-0.1, -0.05) is 17.7 Å². The van der Waals surface area contributed by atoms with E-state index in [1.54, 1.807) is 25.3 Å². The van der Waals surface area contributed by atoms with Crippen LogP contribution in [0.15, 0.2) is 47.4 Å². The number of benzene rings is 2. The van der Waals surface area contributed by atoms with Crippen molar-refractivity contribution in [2.45, 2.75) is 24.8 Å². The third kappa shape index (κ3) is 6.40. The van der Waals surface area contributed by atoms with Gasteiger partial charge in [0.2, 0.25) is 0 Å². The summed E-state index contributed by atoms with van der Waals surface area (Å²) in [6, 6.07) is 10.6. The Morgan fingerprint density at radius 2 is 1.86 bits per heavy atom. The maximum Gasteiger partial charge on any atom is 0.261 e. The summed E-state index contributed by atoms with van der Waals surface area (Å²) in [6.45, 7) is 3.87. The maximum absolute atomic E-state index is 12.5. The van der Waals surface area contributed by atoms with Gasteiger partial charge in [0.25, 0.3) is 15.9 Å². The molecule has 1 amide bonds. The number of nitrogens with one attached hydrogen (secondary N) is 2. The van der Waals surface area contributed by atoms with E-state index in [1.807, 2.05) is 13.8 Å². The van der Waals surface area contributed by atoms with Gasteiger partial charge in [0.1, 0.15) is 5.75 Å². The first-order valence-electron chi connectivity index (χ1n) is 8.51. The minimum Gasteiger partial charge on any atom is -0.484 e. The lowest BCUT2D eigenvalue weighted by molar-refractivity contribution is -0.124. The Morgan fingerprint density at radius 3 is 2.46 bits per heavy atom. The normalized spacial score (nSPS) is 12.3. The van der Waals surface area contributed by atoms with E-state index in [1.165, 1.54) is 24.3 Å². The van der Waals surface area contributed by atoms with Gasteiger partial charge in [-0.15, -0.1) is 0 Å². The third-order valence-electron chi connectivity index (χ3n) is 3.75. The lowest BCUT2D eigenvalue weighted by atomic mass is 10.2. The van der Waals surface area contributed by atoms with Crippen molar-refractivity contribution in [1.29, 1.82) is 0 Å². The largest absolute Gasteiger partial charge is 0.484 e. The summed E-state index contributed by atoms with van der Waals surface area (Å²) in [5.74, 6) is 0.0889. The summed E-state index contributed by atoms with van der Waals surface area (Å²) in [7, 11) is -2.22. The number of amides is 1. The fourth-order valence-electron chi connectivity index (χ4n) is 2.34. The van der Waals surface area contributed by atoms with Gasteiger partial charge in [-0.3, -0.25) is 9.52 Å². The van der Waals surface area contributed by atoms with Crippen LogP contribution in [0.25, 0.3) is 0 Å². The fourth-order valence-corrected chi connectivity index (χ4v) is 3.57. The molecule has 0 unspecified atom stereocenters. The molecule has 0 aromatic heterocycles. The molecule has 0 saturated heterocycles. The highest BCUT2D eigenvalue weighted by Gasteiger charge is 2.15. The number of anilines is 1. The molecule has 1 atom stereocenters. The molecule has 0 aliphatic heterocycles. The molecule has 0 heterocycles. The van der Waals surface area contributed by atoms with Crippen LogP contribution in [0.5, 0.6) is 5.75 Å². The number of carbonyl (C=O) groups excluding carboxylic acids is 1. The van der Waals surface area contributed by atoms with E-state index < -0.39 is 10.0 Å². The topological polar surface area (TPSA) is 93.7 Å². The van der Waals surface area contributed by atoms with Crippen LogP contribution in [0.1, 0.15) is 12.5 Å². The first-order valence-corrected chi connectivity index (χ1v) is 10.4. The van der Waals surface area contributed by atoms with Crippen molar-refractivity contribution in [2.24, 2.45) is 0 Å². The Bertz CT molecular complexity index is 916. The van der Waals surface area contributed by atoms with Crippen LogP contribution >= 0.6 is 11.6 Å². The number of sulfonamides is 1. The van der Waals surface area contributed by atoms with Crippen LogP contribution in [0.4, 0.5) is 5.69 Å². The number of rotatable bonds is 9. The second-order valence-corrected chi connectivity index (χ2v) is 8.34. The molecule has 0 aliphatic carbocycles. The zero-order valence-electron chi connectivity index (χ0n) is 15.9. The number of halogens is 1. The molecule has 2 aromatic carbocycles. The summed E-state index contributed by atoms with van der Waals surface area (Å²) in [5.41, 5.74) is 1.23. The van der Waals surface area contributed by atoms with Crippen molar-refractivity contribution in [3.05, 3.63) is 53.1 Å². The smallest absolute Gasteiger partial charge is 0.261 e. The number of ether oxygens (including phenoxy) is 2. The molecule has 2 rings (SSSR count). The Balaban J connectivity index is 1.97. The van der Waals surface area contributed by atoms with Gasteiger partial charge < -0.3 is 14.8 Å². The van der Waals surface area contributed by atoms with E-state index in [0.29, 0.717) is 23.1 Å². The van der Waals surface area contributed by atoms with Gasteiger partial charge >= 0.3 is 0 Å². The molecule has 0 radical (unpaired) electrons. The second kappa shape index (κ2) is 9.77. The monoisotopic (exact) mass is 426 g/mol. The van der Waals surface area contributed by atoms with E-state index in [0.717, 1.165) is 5.56 Å². The molecule has 9 heteroatoms. The van der Waals surface area contributed by atoms with Crippen molar-refractivity contribution >= 4 is 33.2 Å². The van der Waals surface area contributed by atoms with Gasteiger partial charge in [-0.05, 0) is 55.8 Å². The third-order valence-corrected chi connectivity index (χ3v) is 5.56. The van der Waals surface area contributed by atoms with Crippen LogP contribution in [-0.4, -0.2) is 40.7 Å². The Labute approximate surface area is 170 Å². The molecule has 0 saturated carbocycles. The van der Waals surface area contributed by atoms with E-state index in [9.17, 15) is 13.2 Å². The highest BCUT2D eigenvalue weighted by molar-refractivity contribution is 7.92. The highest BCUT2D eigenvalue weighted by atomic mass is 35.5. The highest BCUT2D eigenvalue weighted by Crippen LogP contribution is 2.23. The molecule has 0 aliphatic rings. The molecule has 0 spiro atoms. The fraction of sp³-hybridized carbons (Fsp3) is 0.316. The molecule has 0 bridgehead atoms. The first kappa shape index (κ1) is 22.0. The minimum atomic E-state index is -3.77. The van der Waals surface area contributed by atoms with Crippen molar-refractivity contribution in [3.63, 3.8) is 0 Å². The predicted octanol–water partition coefficient (Wildman–Crippen LogP) is 2.98. The maximum atomic E-state index is 12.5. The lowest BCUT2D eigenvalue weighted by Crippen LogP contribution is -2.38. The summed E-state index contributed by atoms with van der Waals surface area (Å²) in [6.07, 6.45) is 0. The molecule has 152 valence electrons. The summed E-state index contributed by atoms with van der Waals surface area (Å²) >= 11 is 6.03. The average molecular weight is 427 g/mol. The van der Waals surface area contributed by atoms with Crippen molar-refractivity contribution in [3.8, 4) is 5.75 Å². The van der Waals surface area contributed by atoms with Gasteiger partial charge in [0, 0.05) is 18.2 Å². The van der Waals surface area contributed by atoms with Crippen molar-refractivity contribution in [2.75, 3.05) is 25.0 Å². The summed E-state index contributed by atoms with van der Waals surface area (Å²) in [4.78, 5) is 11.8. The molecule has 2 N–H and O–H groups in total. The van der Waals surface area contributed by atoms with Crippen molar-refractivity contribution < 1.29 is 22.7 Å². The average Bonchev–Trinajstić information content (AvgIpc) is 2.63. The van der Waals surface area contributed by atoms with E-state index >= 15 is 0 Å². The predicted molar refractivity (Wildman–Crippen MR) is 108 cm³/mol. The van der Waals surface area contributed by atoms with Gasteiger partial charge in [-0.25, -0.2) is 8.42 Å². The van der Waals surface area contributed by atoms with Gasteiger partial charge in [0.05, 0.1) is 17.2 Å². The lowest BCUT2D eigenvalue weighted by Gasteiger charge is -2.13. The SMILES string of the molecule is COC[C@@H](C)NC(=O)COc1ccc(S(=O)(=O)Nc2ccc(C)c(Cl)c2)cc1. The number of methoxy groups -OCH3 is 1. The van der Waals surface area contributed by atoms with Crippen LogP contribution in [0, 0.1) is 6.92 Å². The summed E-state index contributed by atoms with van der Waals surface area (Å²) in [5, 5.41) is 3.19. The molecular formula is C19H23ClN2O5S.